The summed E-state index contributed by atoms with van der Waals surface area (Å²) in [6.07, 6.45) is 3.79. The number of rotatable bonds is 6. The molecule has 2 amide bonds. The highest BCUT2D eigenvalue weighted by Crippen LogP contribution is 2.31. The summed E-state index contributed by atoms with van der Waals surface area (Å²) in [6.45, 7) is -0.256. The zero-order valence-electron chi connectivity index (χ0n) is 17.1. The largest absolute Gasteiger partial charge is 0.425 e. The number of nitrogens with one attached hydrogen (secondary N) is 2. The SMILES string of the molecule is O=C(CNC(=O)C1(NC(=O)c2cc3ccccc3s2)CCCCC1)Oc1ccccc1. The van der Waals surface area contributed by atoms with Crippen molar-refractivity contribution >= 4 is 39.2 Å². The summed E-state index contributed by atoms with van der Waals surface area (Å²) in [5, 5.41) is 6.67. The van der Waals surface area contributed by atoms with Gasteiger partial charge in [0.15, 0.2) is 0 Å². The van der Waals surface area contributed by atoms with Crippen LogP contribution in [0.25, 0.3) is 10.1 Å². The highest BCUT2D eigenvalue weighted by Gasteiger charge is 2.41. The predicted molar refractivity (Wildman–Crippen MR) is 120 cm³/mol. The van der Waals surface area contributed by atoms with Gasteiger partial charge in [-0.1, -0.05) is 55.7 Å². The fourth-order valence-electron chi connectivity index (χ4n) is 3.91. The first-order valence-corrected chi connectivity index (χ1v) is 11.2. The van der Waals surface area contributed by atoms with Crippen LogP contribution in [-0.2, 0) is 9.59 Å². The third kappa shape index (κ3) is 4.94. The number of ether oxygens (including phenoxy) is 1. The zero-order valence-corrected chi connectivity index (χ0v) is 17.9. The second-order valence-electron chi connectivity index (χ2n) is 7.72. The topological polar surface area (TPSA) is 84.5 Å². The number of hydrogen-bond donors (Lipinski definition) is 2. The molecule has 160 valence electrons. The van der Waals surface area contributed by atoms with E-state index in [1.54, 1.807) is 24.3 Å². The van der Waals surface area contributed by atoms with Crippen molar-refractivity contribution < 1.29 is 19.1 Å². The summed E-state index contributed by atoms with van der Waals surface area (Å²) in [4.78, 5) is 38.8. The number of carbonyl (C=O) groups excluding carboxylic acids is 3. The monoisotopic (exact) mass is 436 g/mol. The van der Waals surface area contributed by atoms with Gasteiger partial charge in [0.25, 0.3) is 5.91 Å². The zero-order chi connectivity index (χ0) is 21.7. The van der Waals surface area contributed by atoms with E-state index in [0.29, 0.717) is 23.5 Å². The molecule has 31 heavy (non-hydrogen) atoms. The van der Waals surface area contributed by atoms with E-state index in [1.807, 2.05) is 36.4 Å². The van der Waals surface area contributed by atoms with E-state index in [2.05, 4.69) is 10.6 Å². The van der Waals surface area contributed by atoms with Gasteiger partial charge in [0.1, 0.15) is 17.8 Å². The van der Waals surface area contributed by atoms with Crippen LogP contribution >= 0.6 is 11.3 Å². The molecule has 0 unspecified atom stereocenters. The molecule has 0 aliphatic heterocycles. The minimum Gasteiger partial charge on any atom is -0.425 e. The maximum Gasteiger partial charge on any atom is 0.330 e. The molecule has 1 heterocycles. The Morgan fingerprint density at radius 3 is 2.39 bits per heavy atom. The third-order valence-electron chi connectivity index (χ3n) is 5.51. The first kappa shape index (κ1) is 21.1. The van der Waals surface area contributed by atoms with Crippen LogP contribution in [0, 0.1) is 0 Å². The van der Waals surface area contributed by atoms with Crippen LogP contribution in [0.3, 0.4) is 0 Å². The minimum atomic E-state index is -1.02. The maximum absolute atomic E-state index is 13.1. The standard InChI is InChI=1S/C24H24N2O4S/c27-21(30-18-10-3-1-4-11-18)16-25-23(29)24(13-7-2-8-14-24)26-22(28)20-15-17-9-5-6-12-19(17)31-20/h1,3-6,9-12,15H,2,7-8,13-14,16H2,(H,25,29)(H,26,28). The highest BCUT2D eigenvalue weighted by atomic mass is 32.1. The lowest BCUT2D eigenvalue weighted by molar-refractivity contribution is -0.137. The Morgan fingerprint density at radius 2 is 1.65 bits per heavy atom. The number of para-hydroxylation sites is 1. The summed E-state index contributed by atoms with van der Waals surface area (Å²) in [5.41, 5.74) is -1.02. The predicted octanol–water partition coefficient (Wildman–Crippen LogP) is 4.06. The minimum absolute atomic E-state index is 0.256. The van der Waals surface area contributed by atoms with Gasteiger partial charge >= 0.3 is 5.97 Å². The molecule has 0 bridgehead atoms. The number of fused-ring (bicyclic) bond motifs is 1. The van der Waals surface area contributed by atoms with Crippen molar-refractivity contribution in [3.63, 3.8) is 0 Å². The van der Waals surface area contributed by atoms with Crippen LogP contribution in [0.2, 0.25) is 0 Å². The number of carbonyl (C=O) groups is 3. The van der Waals surface area contributed by atoms with E-state index in [-0.39, 0.29) is 18.4 Å². The number of esters is 1. The fourth-order valence-corrected chi connectivity index (χ4v) is 4.87. The second kappa shape index (κ2) is 9.31. The molecular weight excluding hydrogens is 412 g/mol. The summed E-state index contributed by atoms with van der Waals surface area (Å²) >= 11 is 1.41. The Bertz CT molecular complexity index is 1050. The van der Waals surface area contributed by atoms with Crippen LogP contribution in [0.4, 0.5) is 0 Å². The highest BCUT2D eigenvalue weighted by molar-refractivity contribution is 7.20. The second-order valence-corrected chi connectivity index (χ2v) is 8.80. The molecule has 0 atom stereocenters. The van der Waals surface area contributed by atoms with Crippen molar-refractivity contribution in [1.29, 1.82) is 0 Å². The summed E-state index contributed by atoms with van der Waals surface area (Å²) < 4.78 is 6.26. The van der Waals surface area contributed by atoms with E-state index >= 15 is 0 Å². The summed E-state index contributed by atoms with van der Waals surface area (Å²) in [5.74, 6) is -0.731. The van der Waals surface area contributed by atoms with E-state index in [9.17, 15) is 14.4 Å². The molecule has 2 aromatic carbocycles. The van der Waals surface area contributed by atoms with Gasteiger partial charge in [-0.2, -0.15) is 0 Å². The molecular formula is C24H24N2O4S. The van der Waals surface area contributed by atoms with Crippen molar-refractivity contribution in [2.45, 2.75) is 37.6 Å². The van der Waals surface area contributed by atoms with Gasteiger partial charge < -0.3 is 15.4 Å². The molecule has 0 radical (unpaired) electrons. The number of amides is 2. The van der Waals surface area contributed by atoms with Gasteiger partial charge in [-0.25, -0.2) is 4.79 Å². The molecule has 0 saturated heterocycles. The third-order valence-corrected chi connectivity index (χ3v) is 6.63. The van der Waals surface area contributed by atoms with Crippen LogP contribution in [0.1, 0.15) is 41.8 Å². The Kier molecular flexibility index (Phi) is 6.32. The van der Waals surface area contributed by atoms with Crippen molar-refractivity contribution in [1.82, 2.24) is 10.6 Å². The van der Waals surface area contributed by atoms with Gasteiger partial charge in [-0.15, -0.1) is 11.3 Å². The van der Waals surface area contributed by atoms with Crippen LogP contribution < -0.4 is 15.4 Å². The lowest BCUT2D eigenvalue weighted by Crippen LogP contribution is -2.60. The average Bonchev–Trinajstić information content (AvgIpc) is 3.23. The van der Waals surface area contributed by atoms with Gasteiger partial charge in [-0.05, 0) is 42.5 Å². The van der Waals surface area contributed by atoms with Crippen LogP contribution in [-0.4, -0.2) is 29.9 Å². The van der Waals surface area contributed by atoms with E-state index in [4.69, 9.17) is 4.74 Å². The fraction of sp³-hybridized carbons (Fsp3) is 0.292. The first-order chi connectivity index (χ1) is 15.1. The van der Waals surface area contributed by atoms with Gasteiger partial charge in [0, 0.05) is 4.70 Å². The van der Waals surface area contributed by atoms with Crippen molar-refractivity contribution in [2.75, 3.05) is 6.54 Å². The Balaban J connectivity index is 1.43. The molecule has 1 aliphatic carbocycles. The normalized spacial score (nSPS) is 15.2. The average molecular weight is 437 g/mol. The van der Waals surface area contributed by atoms with E-state index in [1.165, 1.54) is 11.3 Å². The smallest absolute Gasteiger partial charge is 0.330 e. The van der Waals surface area contributed by atoms with Gasteiger partial charge in [0.05, 0.1) is 4.88 Å². The molecule has 0 spiro atoms. The molecule has 3 aromatic rings. The van der Waals surface area contributed by atoms with Crippen molar-refractivity contribution in [3.8, 4) is 5.75 Å². The summed E-state index contributed by atoms with van der Waals surface area (Å²) in [6, 6.07) is 18.4. The van der Waals surface area contributed by atoms with E-state index < -0.39 is 11.5 Å². The van der Waals surface area contributed by atoms with Crippen molar-refractivity contribution in [2.24, 2.45) is 0 Å². The molecule has 1 aliphatic rings. The lowest BCUT2D eigenvalue weighted by Gasteiger charge is -2.36. The van der Waals surface area contributed by atoms with Crippen LogP contribution in [0.5, 0.6) is 5.75 Å². The van der Waals surface area contributed by atoms with Gasteiger partial charge in [-0.3, -0.25) is 9.59 Å². The Hall–Kier alpha value is -3.19. The van der Waals surface area contributed by atoms with Crippen molar-refractivity contribution in [3.05, 3.63) is 65.5 Å². The van der Waals surface area contributed by atoms with Gasteiger partial charge in [0.2, 0.25) is 5.91 Å². The van der Waals surface area contributed by atoms with E-state index in [0.717, 1.165) is 29.3 Å². The number of hydrogen-bond acceptors (Lipinski definition) is 5. The molecule has 6 nitrogen and oxygen atoms in total. The van der Waals surface area contributed by atoms with Crippen LogP contribution in [0.15, 0.2) is 60.7 Å². The Labute approximate surface area is 184 Å². The molecule has 7 heteroatoms. The molecule has 4 rings (SSSR count). The first-order valence-electron chi connectivity index (χ1n) is 10.4. The summed E-state index contributed by atoms with van der Waals surface area (Å²) in [7, 11) is 0. The molecule has 1 fully saturated rings. The maximum atomic E-state index is 13.1. The molecule has 2 N–H and O–H groups in total. The number of thiophene rings is 1. The number of benzene rings is 2. The molecule has 1 saturated carbocycles. The molecule has 1 aromatic heterocycles. The Morgan fingerprint density at radius 1 is 0.935 bits per heavy atom. The lowest BCUT2D eigenvalue weighted by atomic mass is 9.80. The quantitative estimate of drug-likeness (QED) is 0.451.